The average Bonchev–Trinajstić information content (AvgIpc) is 2.25. The number of carboxylic acid groups (broad SMARTS) is 2. The fraction of sp³-hybridized carbons (Fsp3) is 0.273. The van der Waals surface area contributed by atoms with Crippen molar-refractivity contribution in [3.8, 4) is 0 Å². The highest BCUT2D eigenvalue weighted by molar-refractivity contribution is 5.78. The van der Waals surface area contributed by atoms with E-state index in [1.54, 1.807) is 24.3 Å². The number of anilines is 1. The predicted octanol–water partition coefficient (Wildman–Crippen LogP) is 1.42. The van der Waals surface area contributed by atoms with Crippen LogP contribution < -0.4 is 5.32 Å². The van der Waals surface area contributed by atoms with Crippen molar-refractivity contribution in [3.63, 3.8) is 0 Å². The van der Waals surface area contributed by atoms with E-state index in [2.05, 4.69) is 5.32 Å². The summed E-state index contributed by atoms with van der Waals surface area (Å²) in [5.74, 6) is -2.05. The first-order valence-electron chi connectivity index (χ1n) is 4.86. The molecule has 86 valence electrons. The zero-order valence-corrected chi connectivity index (χ0v) is 8.59. The Morgan fingerprint density at radius 1 is 1.19 bits per heavy atom. The SMILES string of the molecule is O=C(O)CCC(Nc1ccccc1)C(=O)O. The molecule has 0 heterocycles. The van der Waals surface area contributed by atoms with Crippen LogP contribution in [-0.4, -0.2) is 28.2 Å². The van der Waals surface area contributed by atoms with E-state index >= 15 is 0 Å². The molecule has 0 spiro atoms. The van der Waals surface area contributed by atoms with Crippen LogP contribution in [0.3, 0.4) is 0 Å². The Bertz CT molecular complexity index is 364. The molecule has 3 N–H and O–H groups in total. The van der Waals surface area contributed by atoms with Crippen molar-refractivity contribution in [3.05, 3.63) is 30.3 Å². The molecule has 0 fully saturated rings. The molecule has 5 heteroatoms. The number of nitrogens with one attached hydrogen (secondary N) is 1. The predicted molar refractivity (Wildman–Crippen MR) is 58.4 cm³/mol. The van der Waals surface area contributed by atoms with Crippen molar-refractivity contribution < 1.29 is 19.8 Å². The van der Waals surface area contributed by atoms with Gasteiger partial charge in [-0.1, -0.05) is 18.2 Å². The van der Waals surface area contributed by atoms with Crippen LogP contribution in [0.1, 0.15) is 12.8 Å². The number of hydrogen-bond acceptors (Lipinski definition) is 3. The second kappa shape index (κ2) is 5.75. The summed E-state index contributed by atoms with van der Waals surface area (Å²) in [4.78, 5) is 21.2. The fourth-order valence-electron chi connectivity index (χ4n) is 1.26. The second-order valence-electron chi connectivity index (χ2n) is 3.33. The highest BCUT2D eigenvalue weighted by Crippen LogP contribution is 2.10. The molecule has 1 unspecified atom stereocenters. The van der Waals surface area contributed by atoms with Crippen LogP contribution in [-0.2, 0) is 9.59 Å². The Labute approximate surface area is 92.7 Å². The maximum atomic E-state index is 10.9. The molecule has 0 radical (unpaired) electrons. The van der Waals surface area contributed by atoms with E-state index in [9.17, 15) is 9.59 Å². The maximum Gasteiger partial charge on any atom is 0.326 e. The summed E-state index contributed by atoms with van der Waals surface area (Å²) in [6.45, 7) is 0. The second-order valence-corrected chi connectivity index (χ2v) is 3.33. The average molecular weight is 223 g/mol. The van der Waals surface area contributed by atoms with Gasteiger partial charge >= 0.3 is 11.9 Å². The molecule has 1 rings (SSSR count). The summed E-state index contributed by atoms with van der Waals surface area (Å²) in [5, 5.41) is 20.2. The number of rotatable bonds is 6. The Hall–Kier alpha value is -2.04. The van der Waals surface area contributed by atoms with Gasteiger partial charge in [0.05, 0.1) is 0 Å². The van der Waals surface area contributed by atoms with Gasteiger partial charge in [0.1, 0.15) is 6.04 Å². The monoisotopic (exact) mass is 223 g/mol. The molecule has 0 saturated carbocycles. The van der Waals surface area contributed by atoms with Crippen molar-refractivity contribution in [2.24, 2.45) is 0 Å². The largest absolute Gasteiger partial charge is 0.481 e. The Morgan fingerprint density at radius 3 is 2.31 bits per heavy atom. The number of benzene rings is 1. The Balaban J connectivity index is 2.58. The van der Waals surface area contributed by atoms with Crippen molar-refractivity contribution >= 4 is 17.6 Å². The van der Waals surface area contributed by atoms with Gasteiger partial charge in [-0.15, -0.1) is 0 Å². The molecule has 0 aliphatic carbocycles. The number of carbonyl (C=O) groups is 2. The van der Waals surface area contributed by atoms with E-state index in [-0.39, 0.29) is 12.8 Å². The molecule has 0 saturated heterocycles. The zero-order valence-electron chi connectivity index (χ0n) is 8.59. The van der Waals surface area contributed by atoms with E-state index < -0.39 is 18.0 Å². The van der Waals surface area contributed by atoms with Crippen LogP contribution in [0.15, 0.2) is 30.3 Å². The van der Waals surface area contributed by atoms with Crippen LogP contribution in [0, 0.1) is 0 Å². The van der Waals surface area contributed by atoms with E-state index in [0.717, 1.165) is 0 Å². The van der Waals surface area contributed by atoms with Gasteiger partial charge in [-0.2, -0.15) is 0 Å². The van der Waals surface area contributed by atoms with Crippen LogP contribution in [0.25, 0.3) is 0 Å². The highest BCUT2D eigenvalue weighted by Gasteiger charge is 2.17. The minimum atomic E-state index is -1.05. The van der Waals surface area contributed by atoms with E-state index in [4.69, 9.17) is 10.2 Å². The molecule has 1 aromatic carbocycles. The Morgan fingerprint density at radius 2 is 1.81 bits per heavy atom. The van der Waals surface area contributed by atoms with Crippen LogP contribution in [0.2, 0.25) is 0 Å². The third kappa shape index (κ3) is 4.00. The molecule has 0 aliphatic rings. The molecular weight excluding hydrogens is 210 g/mol. The first-order chi connectivity index (χ1) is 7.59. The van der Waals surface area contributed by atoms with E-state index in [1.807, 2.05) is 6.07 Å². The van der Waals surface area contributed by atoms with Crippen LogP contribution >= 0.6 is 0 Å². The van der Waals surface area contributed by atoms with Gasteiger partial charge in [0.2, 0.25) is 0 Å². The summed E-state index contributed by atoms with van der Waals surface area (Å²) in [6, 6.07) is 7.96. The molecule has 0 bridgehead atoms. The summed E-state index contributed by atoms with van der Waals surface area (Å²) < 4.78 is 0. The van der Waals surface area contributed by atoms with Gasteiger partial charge in [-0.25, -0.2) is 4.79 Å². The Kier molecular flexibility index (Phi) is 4.32. The first kappa shape index (κ1) is 12.0. The van der Waals surface area contributed by atoms with Crippen molar-refractivity contribution in [1.29, 1.82) is 0 Å². The van der Waals surface area contributed by atoms with E-state index in [0.29, 0.717) is 5.69 Å². The lowest BCUT2D eigenvalue weighted by Crippen LogP contribution is -2.29. The number of aliphatic carboxylic acids is 2. The lowest BCUT2D eigenvalue weighted by atomic mass is 10.1. The van der Waals surface area contributed by atoms with Gasteiger partial charge in [-0.05, 0) is 18.6 Å². The maximum absolute atomic E-state index is 10.9. The van der Waals surface area contributed by atoms with Crippen molar-refractivity contribution in [2.45, 2.75) is 18.9 Å². The third-order valence-corrected chi connectivity index (χ3v) is 2.06. The summed E-state index contributed by atoms with van der Waals surface area (Å²) in [6.07, 6.45) is -0.115. The minimum Gasteiger partial charge on any atom is -0.481 e. The summed E-state index contributed by atoms with van der Waals surface area (Å²) >= 11 is 0. The molecule has 0 aliphatic heterocycles. The molecule has 0 amide bonds. The normalized spacial score (nSPS) is 11.8. The number of carboxylic acids is 2. The smallest absolute Gasteiger partial charge is 0.326 e. The van der Waals surface area contributed by atoms with Gasteiger partial charge < -0.3 is 15.5 Å². The minimum absolute atomic E-state index is 0.0551. The lowest BCUT2D eigenvalue weighted by Gasteiger charge is -2.14. The topological polar surface area (TPSA) is 86.6 Å². The van der Waals surface area contributed by atoms with Crippen molar-refractivity contribution in [1.82, 2.24) is 0 Å². The van der Waals surface area contributed by atoms with Crippen molar-refractivity contribution in [2.75, 3.05) is 5.32 Å². The van der Waals surface area contributed by atoms with Crippen LogP contribution in [0.4, 0.5) is 5.69 Å². The van der Waals surface area contributed by atoms with Gasteiger partial charge in [0, 0.05) is 12.1 Å². The van der Waals surface area contributed by atoms with Crippen LogP contribution in [0.5, 0.6) is 0 Å². The fourth-order valence-corrected chi connectivity index (χ4v) is 1.26. The lowest BCUT2D eigenvalue weighted by molar-refractivity contribution is -0.139. The highest BCUT2D eigenvalue weighted by atomic mass is 16.4. The molecule has 1 atom stereocenters. The molecule has 1 aromatic rings. The molecule has 16 heavy (non-hydrogen) atoms. The van der Waals surface area contributed by atoms with Gasteiger partial charge in [-0.3, -0.25) is 4.79 Å². The molecular formula is C11H13NO4. The first-order valence-corrected chi connectivity index (χ1v) is 4.86. The zero-order chi connectivity index (χ0) is 12.0. The number of hydrogen-bond donors (Lipinski definition) is 3. The quantitative estimate of drug-likeness (QED) is 0.678. The standard InChI is InChI=1S/C11H13NO4/c13-10(14)7-6-9(11(15)16)12-8-4-2-1-3-5-8/h1-5,9,12H,6-7H2,(H,13,14)(H,15,16). The summed E-state index contributed by atoms with van der Waals surface area (Å²) in [5.41, 5.74) is 0.667. The van der Waals surface area contributed by atoms with Gasteiger partial charge in [0.25, 0.3) is 0 Å². The third-order valence-electron chi connectivity index (χ3n) is 2.06. The number of para-hydroxylation sites is 1. The van der Waals surface area contributed by atoms with Gasteiger partial charge in [0.15, 0.2) is 0 Å². The molecule has 5 nitrogen and oxygen atoms in total. The summed E-state index contributed by atoms with van der Waals surface area (Å²) in [7, 11) is 0. The van der Waals surface area contributed by atoms with E-state index in [1.165, 1.54) is 0 Å². The molecule has 0 aromatic heterocycles.